The van der Waals surface area contributed by atoms with E-state index in [0.29, 0.717) is 6.10 Å². The number of nitrogens with one attached hydrogen (secondary N) is 1. The predicted molar refractivity (Wildman–Crippen MR) is 67.1 cm³/mol. The first-order valence-electron chi connectivity index (χ1n) is 6.20. The van der Waals surface area contributed by atoms with Crippen LogP contribution in [-0.2, 0) is 0 Å². The Labute approximate surface area is 98.0 Å². The minimum atomic E-state index is 0.337. The molecule has 1 aliphatic heterocycles. The van der Waals surface area contributed by atoms with Gasteiger partial charge in [0.15, 0.2) is 0 Å². The van der Waals surface area contributed by atoms with Gasteiger partial charge in [-0.1, -0.05) is 6.07 Å². The fraction of sp³-hybridized carbons (Fsp3) is 0.571. The van der Waals surface area contributed by atoms with E-state index in [1.807, 2.05) is 0 Å². The second kappa shape index (κ2) is 5.35. The molecule has 0 bridgehead atoms. The highest BCUT2D eigenvalue weighted by Crippen LogP contribution is 2.19. The van der Waals surface area contributed by atoms with E-state index in [1.165, 1.54) is 30.4 Å². The number of hydrogen-bond donors (Lipinski definition) is 1. The molecule has 1 heterocycles. The third kappa shape index (κ3) is 3.24. The van der Waals surface area contributed by atoms with Gasteiger partial charge in [0.25, 0.3) is 0 Å². The lowest BCUT2D eigenvalue weighted by Gasteiger charge is -2.17. The van der Waals surface area contributed by atoms with E-state index in [9.17, 15) is 0 Å². The van der Waals surface area contributed by atoms with Crippen molar-refractivity contribution in [1.82, 2.24) is 5.32 Å². The fourth-order valence-electron chi connectivity index (χ4n) is 2.28. The van der Waals surface area contributed by atoms with Crippen LogP contribution in [0.1, 0.15) is 30.4 Å². The van der Waals surface area contributed by atoms with Crippen LogP contribution in [0.15, 0.2) is 18.2 Å². The molecule has 16 heavy (non-hydrogen) atoms. The minimum absolute atomic E-state index is 0.337. The molecule has 0 aliphatic carbocycles. The average molecular weight is 219 g/mol. The summed E-state index contributed by atoms with van der Waals surface area (Å²) in [5.74, 6) is 1.02. The summed E-state index contributed by atoms with van der Waals surface area (Å²) in [5.41, 5.74) is 2.55. The van der Waals surface area contributed by atoms with Crippen LogP contribution in [0.2, 0.25) is 0 Å². The van der Waals surface area contributed by atoms with Crippen LogP contribution in [0.4, 0.5) is 0 Å². The average Bonchev–Trinajstić information content (AvgIpc) is 2.44. The summed E-state index contributed by atoms with van der Waals surface area (Å²) in [6.07, 6.45) is 4.04. The van der Waals surface area contributed by atoms with E-state index in [0.717, 1.165) is 18.8 Å². The monoisotopic (exact) mass is 219 g/mol. The smallest absolute Gasteiger partial charge is 0.120 e. The molecule has 1 saturated heterocycles. The Bertz CT molecular complexity index is 320. The first-order chi connectivity index (χ1) is 7.74. The van der Waals surface area contributed by atoms with E-state index in [2.05, 4.69) is 37.4 Å². The van der Waals surface area contributed by atoms with Crippen molar-refractivity contribution in [3.63, 3.8) is 0 Å². The second-order valence-corrected chi connectivity index (χ2v) is 4.76. The second-order valence-electron chi connectivity index (χ2n) is 4.76. The molecule has 0 saturated carbocycles. The van der Waals surface area contributed by atoms with Gasteiger partial charge in [0.2, 0.25) is 0 Å². The first kappa shape index (κ1) is 11.5. The Morgan fingerprint density at radius 1 is 1.12 bits per heavy atom. The van der Waals surface area contributed by atoms with Crippen LogP contribution in [0.3, 0.4) is 0 Å². The summed E-state index contributed by atoms with van der Waals surface area (Å²) < 4.78 is 6.03. The summed E-state index contributed by atoms with van der Waals surface area (Å²) in [6.45, 7) is 6.34. The van der Waals surface area contributed by atoms with Crippen LogP contribution in [0.5, 0.6) is 5.75 Å². The maximum atomic E-state index is 6.03. The minimum Gasteiger partial charge on any atom is -0.489 e. The van der Waals surface area contributed by atoms with Crippen LogP contribution >= 0.6 is 0 Å². The molecule has 1 aliphatic rings. The molecule has 0 spiro atoms. The Morgan fingerprint density at radius 3 is 2.62 bits per heavy atom. The van der Waals surface area contributed by atoms with Crippen LogP contribution < -0.4 is 10.1 Å². The Morgan fingerprint density at radius 2 is 1.88 bits per heavy atom. The highest BCUT2D eigenvalue weighted by molar-refractivity contribution is 5.33. The first-order valence-corrected chi connectivity index (χ1v) is 6.20. The molecule has 88 valence electrons. The molecule has 1 aromatic carbocycles. The summed E-state index contributed by atoms with van der Waals surface area (Å²) in [4.78, 5) is 0. The highest BCUT2D eigenvalue weighted by atomic mass is 16.5. The zero-order valence-electron chi connectivity index (χ0n) is 10.3. The summed E-state index contributed by atoms with van der Waals surface area (Å²) >= 11 is 0. The zero-order chi connectivity index (χ0) is 11.4. The third-order valence-corrected chi connectivity index (χ3v) is 3.00. The van der Waals surface area contributed by atoms with Gasteiger partial charge >= 0.3 is 0 Å². The molecule has 1 fully saturated rings. The highest BCUT2D eigenvalue weighted by Gasteiger charge is 2.13. The van der Waals surface area contributed by atoms with Crippen molar-refractivity contribution in [2.75, 3.05) is 13.1 Å². The maximum absolute atomic E-state index is 6.03. The predicted octanol–water partition coefficient (Wildman–Crippen LogP) is 2.82. The topological polar surface area (TPSA) is 21.3 Å². The normalized spacial score (nSPS) is 21.5. The lowest BCUT2D eigenvalue weighted by molar-refractivity contribution is 0.194. The van der Waals surface area contributed by atoms with Crippen molar-refractivity contribution < 1.29 is 4.74 Å². The van der Waals surface area contributed by atoms with Gasteiger partial charge in [-0.05, 0) is 62.9 Å². The molecule has 0 radical (unpaired) electrons. The van der Waals surface area contributed by atoms with Crippen molar-refractivity contribution in [2.45, 2.75) is 39.2 Å². The molecule has 1 aromatic rings. The van der Waals surface area contributed by atoms with Crippen molar-refractivity contribution in [1.29, 1.82) is 0 Å². The molecule has 1 N–H and O–H groups in total. The van der Waals surface area contributed by atoms with Gasteiger partial charge in [-0.15, -0.1) is 0 Å². The summed E-state index contributed by atoms with van der Waals surface area (Å²) in [7, 11) is 0. The maximum Gasteiger partial charge on any atom is 0.120 e. The van der Waals surface area contributed by atoms with Crippen molar-refractivity contribution >= 4 is 0 Å². The van der Waals surface area contributed by atoms with Crippen LogP contribution in [0.25, 0.3) is 0 Å². The number of aryl methyl sites for hydroxylation is 2. The largest absolute Gasteiger partial charge is 0.489 e. The van der Waals surface area contributed by atoms with E-state index < -0.39 is 0 Å². The molecule has 2 nitrogen and oxygen atoms in total. The quantitative estimate of drug-likeness (QED) is 0.826. The fourth-order valence-corrected chi connectivity index (χ4v) is 2.28. The zero-order valence-corrected chi connectivity index (χ0v) is 10.3. The Kier molecular flexibility index (Phi) is 3.83. The Hall–Kier alpha value is -1.02. The molecule has 1 unspecified atom stereocenters. The van der Waals surface area contributed by atoms with Gasteiger partial charge in [-0.2, -0.15) is 0 Å². The van der Waals surface area contributed by atoms with Gasteiger partial charge in [-0.25, -0.2) is 0 Å². The Balaban J connectivity index is 2.01. The van der Waals surface area contributed by atoms with Crippen molar-refractivity contribution in [3.8, 4) is 5.75 Å². The SMILES string of the molecule is Cc1cc(C)cc(OC2CCCCNC2)c1. The number of benzene rings is 1. The molecule has 2 heteroatoms. The molecule has 0 amide bonds. The van der Waals surface area contributed by atoms with Gasteiger partial charge < -0.3 is 10.1 Å². The van der Waals surface area contributed by atoms with Gasteiger partial charge in [-0.3, -0.25) is 0 Å². The third-order valence-electron chi connectivity index (χ3n) is 3.00. The molecule has 1 atom stereocenters. The molecular formula is C14H21NO. The van der Waals surface area contributed by atoms with Gasteiger partial charge in [0, 0.05) is 6.54 Å². The number of hydrogen-bond acceptors (Lipinski definition) is 2. The molecule has 2 rings (SSSR count). The number of ether oxygens (including phenoxy) is 1. The van der Waals surface area contributed by atoms with Gasteiger partial charge in [0.05, 0.1) is 0 Å². The van der Waals surface area contributed by atoms with E-state index in [-0.39, 0.29) is 0 Å². The van der Waals surface area contributed by atoms with Crippen molar-refractivity contribution in [3.05, 3.63) is 29.3 Å². The lowest BCUT2D eigenvalue weighted by Crippen LogP contribution is -2.29. The van der Waals surface area contributed by atoms with Crippen molar-refractivity contribution in [2.24, 2.45) is 0 Å². The van der Waals surface area contributed by atoms with Gasteiger partial charge in [0.1, 0.15) is 11.9 Å². The van der Waals surface area contributed by atoms with Crippen LogP contribution in [0, 0.1) is 13.8 Å². The van der Waals surface area contributed by atoms with E-state index in [4.69, 9.17) is 4.74 Å². The molecular weight excluding hydrogens is 198 g/mol. The standard InChI is InChI=1S/C14H21NO/c1-11-7-12(2)9-14(8-11)16-13-5-3-4-6-15-10-13/h7-9,13,15H,3-6,10H2,1-2H3. The van der Waals surface area contributed by atoms with Crippen LogP contribution in [-0.4, -0.2) is 19.2 Å². The van der Waals surface area contributed by atoms with E-state index in [1.54, 1.807) is 0 Å². The number of rotatable bonds is 2. The van der Waals surface area contributed by atoms with E-state index >= 15 is 0 Å². The summed E-state index contributed by atoms with van der Waals surface area (Å²) in [5, 5.41) is 3.42. The molecule has 0 aromatic heterocycles. The lowest BCUT2D eigenvalue weighted by atomic mass is 10.1. The summed E-state index contributed by atoms with van der Waals surface area (Å²) in [6, 6.07) is 6.42.